The summed E-state index contributed by atoms with van der Waals surface area (Å²) in [5.41, 5.74) is 6.50. The van der Waals surface area contributed by atoms with Crippen LogP contribution in [0.3, 0.4) is 0 Å². The zero-order valence-electron chi connectivity index (χ0n) is 8.33. The predicted molar refractivity (Wildman–Crippen MR) is 54.8 cm³/mol. The van der Waals surface area contributed by atoms with Crippen LogP contribution in [0.1, 0.15) is 24.5 Å². The third kappa shape index (κ3) is 4.36. The Labute approximate surface area is 82.9 Å². The molecule has 0 saturated carbocycles. The van der Waals surface area contributed by atoms with Crippen LogP contribution in [0.15, 0.2) is 5.38 Å². The molecule has 1 heterocycles. The Kier molecular flexibility index (Phi) is 3.41. The van der Waals surface area contributed by atoms with Gasteiger partial charge in [0.05, 0.1) is 23.9 Å². The highest BCUT2D eigenvalue weighted by atomic mass is 32.1. The molecular formula is C9H16N2OS. The molecule has 1 rings (SSSR count). The van der Waals surface area contributed by atoms with Crippen molar-refractivity contribution in [1.29, 1.82) is 0 Å². The summed E-state index contributed by atoms with van der Waals surface area (Å²) in [4.78, 5) is 4.28. The lowest BCUT2D eigenvalue weighted by Gasteiger charge is -2.17. The summed E-state index contributed by atoms with van der Waals surface area (Å²) in [6.07, 6.45) is 0. The number of aryl methyl sites for hydroxylation is 1. The molecule has 1 aromatic rings. The summed E-state index contributed by atoms with van der Waals surface area (Å²) in [6.45, 7) is 6.99. The molecule has 0 unspecified atom stereocenters. The van der Waals surface area contributed by atoms with E-state index in [4.69, 9.17) is 10.5 Å². The molecule has 2 N–H and O–H groups in total. The lowest BCUT2D eigenvalue weighted by Crippen LogP contribution is -2.37. The van der Waals surface area contributed by atoms with E-state index in [9.17, 15) is 0 Å². The zero-order valence-corrected chi connectivity index (χ0v) is 9.15. The highest BCUT2D eigenvalue weighted by molar-refractivity contribution is 7.09. The normalized spacial score (nSPS) is 12.0. The second-order valence-electron chi connectivity index (χ2n) is 3.84. The quantitative estimate of drug-likeness (QED) is 0.805. The van der Waals surface area contributed by atoms with E-state index >= 15 is 0 Å². The average molecular weight is 200 g/mol. The molecular weight excluding hydrogens is 184 g/mol. The standard InChI is InChI=1S/C9H16N2OS/c1-7-11-8(5-13-7)4-12-6-9(2,3)10/h5H,4,6,10H2,1-3H3. The first-order valence-electron chi connectivity index (χ1n) is 4.25. The minimum atomic E-state index is -0.259. The lowest BCUT2D eigenvalue weighted by atomic mass is 10.1. The van der Waals surface area contributed by atoms with E-state index in [0.717, 1.165) is 10.7 Å². The first kappa shape index (κ1) is 10.6. The van der Waals surface area contributed by atoms with Gasteiger partial charge in [-0.15, -0.1) is 11.3 Å². The second kappa shape index (κ2) is 4.17. The van der Waals surface area contributed by atoms with Crippen molar-refractivity contribution in [2.45, 2.75) is 32.9 Å². The number of nitrogens with zero attached hydrogens (tertiary/aromatic N) is 1. The van der Waals surface area contributed by atoms with Crippen LogP contribution in [0.5, 0.6) is 0 Å². The molecule has 0 bridgehead atoms. The highest BCUT2D eigenvalue weighted by Crippen LogP contribution is 2.09. The maximum Gasteiger partial charge on any atom is 0.0898 e. The van der Waals surface area contributed by atoms with Crippen LogP contribution in [0, 0.1) is 6.92 Å². The molecule has 0 aliphatic carbocycles. The first-order valence-corrected chi connectivity index (χ1v) is 5.13. The smallest absolute Gasteiger partial charge is 0.0898 e. The highest BCUT2D eigenvalue weighted by Gasteiger charge is 2.10. The van der Waals surface area contributed by atoms with Gasteiger partial charge in [-0.05, 0) is 20.8 Å². The van der Waals surface area contributed by atoms with Gasteiger partial charge in [0.25, 0.3) is 0 Å². The molecule has 0 aliphatic heterocycles. The molecule has 3 nitrogen and oxygen atoms in total. The molecule has 13 heavy (non-hydrogen) atoms. The van der Waals surface area contributed by atoms with Crippen LogP contribution >= 0.6 is 11.3 Å². The Morgan fingerprint density at radius 1 is 1.62 bits per heavy atom. The van der Waals surface area contributed by atoms with Crippen LogP contribution < -0.4 is 5.73 Å². The van der Waals surface area contributed by atoms with Gasteiger partial charge in [-0.25, -0.2) is 4.98 Å². The molecule has 0 spiro atoms. The van der Waals surface area contributed by atoms with Gasteiger partial charge in [-0.3, -0.25) is 0 Å². The molecule has 0 aliphatic rings. The molecule has 4 heteroatoms. The van der Waals surface area contributed by atoms with E-state index in [0.29, 0.717) is 13.2 Å². The number of aromatic nitrogens is 1. The third-order valence-corrected chi connectivity index (χ3v) is 2.21. The van der Waals surface area contributed by atoms with Crippen molar-refractivity contribution >= 4 is 11.3 Å². The van der Waals surface area contributed by atoms with E-state index in [-0.39, 0.29) is 5.54 Å². The van der Waals surface area contributed by atoms with Gasteiger partial charge in [-0.1, -0.05) is 0 Å². The Morgan fingerprint density at radius 3 is 2.77 bits per heavy atom. The molecule has 0 saturated heterocycles. The van der Waals surface area contributed by atoms with Gasteiger partial charge in [0.2, 0.25) is 0 Å². The zero-order chi connectivity index (χ0) is 9.90. The van der Waals surface area contributed by atoms with E-state index in [1.165, 1.54) is 0 Å². The number of rotatable bonds is 4. The molecule has 1 aromatic heterocycles. The number of nitrogens with two attached hydrogens (primary N) is 1. The SMILES string of the molecule is Cc1nc(COCC(C)(C)N)cs1. The van der Waals surface area contributed by atoms with Crippen molar-refractivity contribution in [3.63, 3.8) is 0 Å². The summed E-state index contributed by atoms with van der Waals surface area (Å²) >= 11 is 1.64. The molecule has 0 radical (unpaired) electrons. The second-order valence-corrected chi connectivity index (χ2v) is 4.90. The molecule has 0 amide bonds. The Balaban J connectivity index is 2.28. The number of hydrogen-bond donors (Lipinski definition) is 1. The fourth-order valence-corrected chi connectivity index (χ4v) is 1.49. The number of thiazole rings is 1. The van der Waals surface area contributed by atoms with Crippen molar-refractivity contribution in [2.24, 2.45) is 5.73 Å². The fraction of sp³-hybridized carbons (Fsp3) is 0.667. The van der Waals surface area contributed by atoms with Gasteiger partial charge >= 0.3 is 0 Å². The van der Waals surface area contributed by atoms with Crippen LogP contribution in [-0.2, 0) is 11.3 Å². The monoisotopic (exact) mass is 200 g/mol. The minimum absolute atomic E-state index is 0.259. The summed E-state index contributed by atoms with van der Waals surface area (Å²) in [5, 5.41) is 3.09. The third-order valence-electron chi connectivity index (χ3n) is 1.39. The van der Waals surface area contributed by atoms with E-state index in [2.05, 4.69) is 4.98 Å². The Bertz CT molecular complexity index is 265. The Morgan fingerprint density at radius 2 is 2.31 bits per heavy atom. The van der Waals surface area contributed by atoms with Crippen molar-refractivity contribution in [2.75, 3.05) is 6.61 Å². The predicted octanol–water partition coefficient (Wildman–Crippen LogP) is 1.71. The van der Waals surface area contributed by atoms with Gasteiger partial charge in [0, 0.05) is 10.9 Å². The van der Waals surface area contributed by atoms with Crippen molar-refractivity contribution < 1.29 is 4.74 Å². The maximum atomic E-state index is 5.76. The van der Waals surface area contributed by atoms with Gasteiger partial charge in [-0.2, -0.15) is 0 Å². The van der Waals surface area contributed by atoms with Crippen molar-refractivity contribution in [3.05, 3.63) is 16.1 Å². The van der Waals surface area contributed by atoms with Gasteiger partial charge < -0.3 is 10.5 Å². The van der Waals surface area contributed by atoms with Crippen LogP contribution in [0.2, 0.25) is 0 Å². The lowest BCUT2D eigenvalue weighted by molar-refractivity contribution is 0.0832. The summed E-state index contributed by atoms with van der Waals surface area (Å²) in [6, 6.07) is 0. The average Bonchev–Trinajstić information content (AvgIpc) is 2.33. The van der Waals surface area contributed by atoms with Crippen molar-refractivity contribution in [1.82, 2.24) is 4.98 Å². The van der Waals surface area contributed by atoms with E-state index in [1.54, 1.807) is 11.3 Å². The maximum absolute atomic E-state index is 5.76. The molecule has 0 fully saturated rings. The van der Waals surface area contributed by atoms with Gasteiger partial charge in [0.15, 0.2) is 0 Å². The van der Waals surface area contributed by atoms with Crippen LogP contribution in [0.25, 0.3) is 0 Å². The minimum Gasteiger partial charge on any atom is -0.373 e. The summed E-state index contributed by atoms with van der Waals surface area (Å²) < 4.78 is 5.42. The van der Waals surface area contributed by atoms with Crippen LogP contribution in [-0.4, -0.2) is 17.1 Å². The Hall–Kier alpha value is -0.450. The van der Waals surface area contributed by atoms with Crippen molar-refractivity contribution in [3.8, 4) is 0 Å². The number of hydrogen-bond acceptors (Lipinski definition) is 4. The molecule has 74 valence electrons. The topological polar surface area (TPSA) is 48.1 Å². The first-order chi connectivity index (χ1) is 5.97. The molecule has 0 atom stereocenters. The van der Waals surface area contributed by atoms with Gasteiger partial charge in [0.1, 0.15) is 0 Å². The number of ether oxygens (including phenoxy) is 1. The largest absolute Gasteiger partial charge is 0.373 e. The molecule has 0 aromatic carbocycles. The van der Waals surface area contributed by atoms with E-state index < -0.39 is 0 Å². The summed E-state index contributed by atoms with van der Waals surface area (Å²) in [5.74, 6) is 0. The van der Waals surface area contributed by atoms with E-state index in [1.807, 2.05) is 26.2 Å². The fourth-order valence-electron chi connectivity index (χ4n) is 0.893. The van der Waals surface area contributed by atoms with Crippen LogP contribution in [0.4, 0.5) is 0 Å². The summed E-state index contributed by atoms with van der Waals surface area (Å²) in [7, 11) is 0.